The van der Waals surface area contributed by atoms with E-state index in [0.717, 1.165) is 19.4 Å². The number of carbonyl (C=O) groups is 2. The van der Waals surface area contributed by atoms with Crippen molar-refractivity contribution >= 4 is 11.9 Å². The summed E-state index contributed by atoms with van der Waals surface area (Å²) < 4.78 is 0. The topological polar surface area (TPSA) is 40.6 Å². The third kappa shape index (κ3) is 3.51. The number of amides is 3. The number of hydrogen-bond donors (Lipinski definition) is 0. The number of imide groups is 1. The first-order valence-electron chi connectivity index (χ1n) is 6.22. The third-order valence-corrected chi connectivity index (χ3v) is 3.04. The van der Waals surface area contributed by atoms with Crippen LogP contribution in [0.4, 0.5) is 4.79 Å². The molecule has 4 nitrogen and oxygen atoms in total. The Bertz CT molecular complexity index is 253. The Morgan fingerprint density at radius 2 is 1.69 bits per heavy atom. The first kappa shape index (κ1) is 13.0. The number of rotatable bonds is 7. The molecule has 0 spiro atoms. The molecule has 0 aromatic carbocycles. The summed E-state index contributed by atoms with van der Waals surface area (Å²) in [6.07, 6.45) is 7.23. The van der Waals surface area contributed by atoms with Crippen LogP contribution in [0, 0.1) is 0 Å². The van der Waals surface area contributed by atoms with E-state index in [4.69, 9.17) is 0 Å². The normalized spacial score (nSPS) is 16.4. The number of likely N-dealkylation sites (N-methyl/N-ethyl adjacent to an activating group) is 1. The smallest absolute Gasteiger partial charge is 0.315 e. The molecule has 1 aliphatic rings. The van der Waals surface area contributed by atoms with Gasteiger partial charge in [-0.2, -0.15) is 0 Å². The van der Waals surface area contributed by atoms with Gasteiger partial charge in [-0.3, -0.25) is 9.69 Å². The Balaban J connectivity index is 2.10. The summed E-state index contributed by atoms with van der Waals surface area (Å²) in [5.74, 6) is -0.0871. The lowest BCUT2D eigenvalue weighted by Gasteiger charge is -2.14. The van der Waals surface area contributed by atoms with Gasteiger partial charge in [-0.15, -0.1) is 0 Å². The summed E-state index contributed by atoms with van der Waals surface area (Å²) in [5, 5.41) is 0. The monoisotopic (exact) mass is 226 g/mol. The molecule has 0 saturated carbocycles. The van der Waals surface area contributed by atoms with Crippen LogP contribution in [0.15, 0.2) is 0 Å². The van der Waals surface area contributed by atoms with Crippen LogP contribution < -0.4 is 0 Å². The molecule has 0 aliphatic carbocycles. The predicted molar refractivity (Wildman–Crippen MR) is 63.1 cm³/mol. The van der Waals surface area contributed by atoms with Gasteiger partial charge >= 0.3 is 6.03 Å². The highest BCUT2D eigenvalue weighted by atomic mass is 16.2. The van der Waals surface area contributed by atoms with Crippen molar-refractivity contribution in [3.8, 4) is 0 Å². The van der Waals surface area contributed by atoms with Gasteiger partial charge in [0.05, 0.1) is 0 Å². The van der Waals surface area contributed by atoms with Gasteiger partial charge in [0.1, 0.15) is 6.54 Å². The van der Waals surface area contributed by atoms with Gasteiger partial charge in [0.25, 0.3) is 0 Å². The Kier molecular flexibility index (Phi) is 5.29. The maximum atomic E-state index is 11.5. The highest BCUT2D eigenvalue weighted by molar-refractivity contribution is 6.01. The van der Waals surface area contributed by atoms with Crippen LogP contribution in [0.2, 0.25) is 0 Å². The van der Waals surface area contributed by atoms with Crippen molar-refractivity contribution in [2.75, 3.05) is 20.1 Å². The molecule has 1 saturated heterocycles. The molecule has 0 aromatic heterocycles. The molecule has 0 unspecified atom stereocenters. The lowest BCUT2D eigenvalue weighted by atomic mass is 10.1. The van der Waals surface area contributed by atoms with E-state index in [1.807, 2.05) is 0 Å². The highest BCUT2D eigenvalue weighted by Gasteiger charge is 2.32. The summed E-state index contributed by atoms with van der Waals surface area (Å²) in [4.78, 5) is 25.6. The minimum atomic E-state index is -0.140. The second kappa shape index (κ2) is 6.51. The third-order valence-electron chi connectivity index (χ3n) is 3.04. The molecule has 4 heteroatoms. The number of nitrogens with zero attached hydrogens (tertiary/aromatic N) is 2. The maximum absolute atomic E-state index is 11.5. The lowest BCUT2D eigenvalue weighted by molar-refractivity contribution is -0.124. The number of urea groups is 1. The van der Waals surface area contributed by atoms with E-state index in [9.17, 15) is 9.59 Å². The minimum absolute atomic E-state index is 0.0871. The first-order valence-corrected chi connectivity index (χ1v) is 6.22. The molecule has 1 rings (SSSR count). The second-order valence-corrected chi connectivity index (χ2v) is 4.42. The molecule has 1 aliphatic heterocycles. The molecule has 0 radical (unpaired) electrons. The van der Waals surface area contributed by atoms with Crippen molar-refractivity contribution in [3.05, 3.63) is 0 Å². The molecule has 0 bridgehead atoms. The zero-order chi connectivity index (χ0) is 12.0. The summed E-state index contributed by atoms with van der Waals surface area (Å²) in [6.45, 7) is 3.19. The average Bonchev–Trinajstić information content (AvgIpc) is 2.51. The molecule has 1 fully saturated rings. The van der Waals surface area contributed by atoms with Gasteiger partial charge in [0.2, 0.25) is 5.91 Å². The van der Waals surface area contributed by atoms with E-state index in [0.29, 0.717) is 0 Å². The first-order chi connectivity index (χ1) is 7.66. The van der Waals surface area contributed by atoms with Gasteiger partial charge < -0.3 is 4.90 Å². The number of unbranched alkanes of at least 4 members (excludes halogenated alkanes) is 5. The molecule has 0 N–H and O–H groups in total. The van der Waals surface area contributed by atoms with Gasteiger partial charge in [-0.05, 0) is 6.42 Å². The van der Waals surface area contributed by atoms with Gasteiger partial charge in [0, 0.05) is 13.6 Å². The van der Waals surface area contributed by atoms with E-state index in [2.05, 4.69) is 6.92 Å². The highest BCUT2D eigenvalue weighted by Crippen LogP contribution is 2.11. The van der Waals surface area contributed by atoms with Crippen LogP contribution in [-0.2, 0) is 4.79 Å². The van der Waals surface area contributed by atoms with E-state index in [1.165, 1.54) is 30.6 Å². The van der Waals surface area contributed by atoms with Crippen LogP contribution >= 0.6 is 0 Å². The van der Waals surface area contributed by atoms with Crippen molar-refractivity contribution in [3.63, 3.8) is 0 Å². The average molecular weight is 226 g/mol. The largest absolute Gasteiger partial charge is 0.326 e. The molecule has 3 amide bonds. The molecule has 1 heterocycles. The molecule has 0 atom stereocenters. The zero-order valence-corrected chi connectivity index (χ0v) is 10.4. The second-order valence-electron chi connectivity index (χ2n) is 4.42. The van der Waals surface area contributed by atoms with Crippen molar-refractivity contribution < 1.29 is 9.59 Å². The lowest BCUT2D eigenvalue weighted by Crippen LogP contribution is -2.30. The van der Waals surface area contributed by atoms with Crippen molar-refractivity contribution in [1.82, 2.24) is 9.80 Å². The fraction of sp³-hybridized carbons (Fsp3) is 0.833. The van der Waals surface area contributed by atoms with E-state index >= 15 is 0 Å². The van der Waals surface area contributed by atoms with E-state index < -0.39 is 0 Å². The summed E-state index contributed by atoms with van der Waals surface area (Å²) >= 11 is 0. The summed E-state index contributed by atoms with van der Waals surface area (Å²) in [6, 6.07) is -0.140. The van der Waals surface area contributed by atoms with Crippen LogP contribution in [0.3, 0.4) is 0 Å². The Labute approximate surface area is 97.6 Å². The molecular formula is C12H22N2O2. The van der Waals surface area contributed by atoms with Crippen LogP contribution in [0.25, 0.3) is 0 Å². The number of hydrogen-bond acceptors (Lipinski definition) is 2. The molecule has 0 aromatic rings. The molecule has 16 heavy (non-hydrogen) atoms. The minimum Gasteiger partial charge on any atom is -0.315 e. The van der Waals surface area contributed by atoms with E-state index in [-0.39, 0.29) is 18.5 Å². The van der Waals surface area contributed by atoms with Crippen molar-refractivity contribution in [2.24, 2.45) is 0 Å². The zero-order valence-electron chi connectivity index (χ0n) is 10.4. The van der Waals surface area contributed by atoms with Crippen LogP contribution in [0.1, 0.15) is 45.4 Å². The molecular weight excluding hydrogens is 204 g/mol. The molecule has 92 valence electrons. The SMILES string of the molecule is CCCCCCCCN1CC(=O)N(C)C1=O. The van der Waals surface area contributed by atoms with Crippen LogP contribution in [-0.4, -0.2) is 41.9 Å². The fourth-order valence-corrected chi connectivity index (χ4v) is 1.91. The maximum Gasteiger partial charge on any atom is 0.326 e. The van der Waals surface area contributed by atoms with Crippen molar-refractivity contribution in [1.29, 1.82) is 0 Å². The number of carbonyl (C=O) groups excluding carboxylic acids is 2. The summed E-state index contributed by atoms with van der Waals surface area (Å²) in [7, 11) is 1.55. The van der Waals surface area contributed by atoms with Gasteiger partial charge in [-0.1, -0.05) is 39.0 Å². The van der Waals surface area contributed by atoms with E-state index in [1.54, 1.807) is 11.9 Å². The quantitative estimate of drug-likeness (QED) is 0.493. The summed E-state index contributed by atoms with van der Waals surface area (Å²) in [5.41, 5.74) is 0. The van der Waals surface area contributed by atoms with Crippen molar-refractivity contribution in [2.45, 2.75) is 45.4 Å². The Hall–Kier alpha value is -1.06. The fourth-order valence-electron chi connectivity index (χ4n) is 1.91. The Morgan fingerprint density at radius 1 is 1.06 bits per heavy atom. The van der Waals surface area contributed by atoms with Crippen LogP contribution in [0.5, 0.6) is 0 Å². The van der Waals surface area contributed by atoms with Gasteiger partial charge in [0.15, 0.2) is 0 Å². The Morgan fingerprint density at radius 3 is 2.25 bits per heavy atom. The predicted octanol–water partition coefficient (Wildman–Crippen LogP) is 2.24. The standard InChI is InChI=1S/C12H22N2O2/c1-3-4-5-6-7-8-9-14-10-11(15)13(2)12(14)16/h3-10H2,1-2H3. The van der Waals surface area contributed by atoms with Gasteiger partial charge in [-0.25, -0.2) is 4.79 Å².